The van der Waals surface area contributed by atoms with Gasteiger partial charge in [-0.15, -0.1) is 0 Å². The second-order valence-corrected chi connectivity index (χ2v) is 8.84. The van der Waals surface area contributed by atoms with Gasteiger partial charge in [0.25, 0.3) is 5.91 Å². The predicted molar refractivity (Wildman–Crippen MR) is 134 cm³/mol. The first-order chi connectivity index (χ1) is 16.1. The Morgan fingerprint density at radius 2 is 1.82 bits per heavy atom. The molecule has 0 atom stereocenters. The molecule has 6 heteroatoms. The number of nitrogens with two attached hydrogens (primary N) is 1. The van der Waals surface area contributed by atoms with Crippen molar-refractivity contribution < 1.29 is 4.79 Å². The second-order valence-electron chi connectivity index (χ2n) is 8.84. The summed E-state index contributed by atoms with van der Waals surface area (Å²) in [5, 5.41) is 17.7. The molecule has 0 radical (unpaired) electrons. The third-order valence-corrected chi connectivity index (χ3v) is 6.67. The van der Waals surface area contributed by atoms with E-state index < -0.39 is 0 Å². The Bertz CT molecular complexity index is 1330. The van der Waals surface area contributed by atoms with Gasteiger partial charge in [0.1, 0.15) is 11.5 Å². The maximum atomic E-state index is 13.3. The van der Waals surface area contributed by atoms with E-state index >= 15 is 0 Å². The third kappa shape index (κ3) is 4.34. The Morgan fingerprint density at radius 3 is 2.64 bits per heavy atom. The fraction of sp³-hybridized carbons (Fsp3) is 0.259. The minimum atomic E-state index is -0.0608. The lowest BCUT2D eigenvalue weighted by Crippen LogP contribution is -2.36. The number of nitrogen functional groups attached to an aromatic ring is 1. The van der Waals surface area contributed by atoms with Crippen molar-refractivity contribution in [3.63, 3.8) is 0 Å². The molecule has 168 valence electrons. The molecule has 0 aliphatic carbocycles. The summed E-state index contributed by atoms with van der Waals surface area (Å²) in [6, 6.07) is 22.2. The maximum Gasteiger partial charge on any atom is 0.267 e. The van der Waals surface area contributed by atoms with Crippen LogP contribution in [0.4, 0.5) is 0 Å². The Morgan fingerprint density at radius 1 is 1.03 bits per heavy atom. The van der Waals surface area contributed by atoms with Gasteiger partial charge in [0.05, 0.1) is 0 Å². The number of nitrogens with zero attached hydrogens (tertiary/aromatic N) is 1. The number of carbonyl (C=O) groups is 1. The quantitative estimate of drug-likeness (QED) is 0.271. The molecular weight excluding hydrogens is 410 g/mol. The van der Waals surface area contributed by atoms with Crippen molar-refractivity contribution in [1.82, 2.24) is 15.2 Å². The number of benzene rings is 3. The zero-order valence-electron chi connectivity index (χ0n) is 18.6. The highest BCUT2D eigenvalue weighted by atomic mass is 16.1. The summed E-state index contributed by atoms with van der Waals surface area (Å²) >= 11 is 0. The minimum Gasteiger partial charge on any atom is -0.384 e. The molecule has 5 N–H and O–H groups in total. The van der Waals surface area contributed by atoms with Crippen LogP contribution in [-0.2, 0) is 6.54 Å². The van der Waals surface area contributed by atoms with Crippen molar-refractivity contribution in [1.29, 1.82) is 5.41 Å². The Kier molecular flexibility index (Phi) is 5.84. The van der Waals surface area contributed by atoms with E-state index in [1.54, 1.807) is 0 Å². The van der Waals surface area contributed by atoms with Crippen LogP contribution in [0, 0.1) is 11.3 Å². The number of aromatic nitrogens is 1. The molecule has 2 heterocycles. The van der Waals surface area contributed by atoms with E-state index in [0.717, 1.165) is 42.4 Å². The molecule has 4 aromatic rings. The molecule has 1 aliphatic rings. The lowest BCUT2D eigenvalue weighted by atomic mass is 9.98. The van der Waals surface area contributed by atoms with Crippen LogP contribution >= 0.6 is 0 Å². The average molecular weight is 440 g/mol. The molecule has 5 rings (SSSR count). The summed E-state index contributed by atoms with van der Waals surface area (Å²) < 4.78 is 2.06. The average Bonchev–Trinajstić information content (AvgIpc) is 3.21. The number of nitrogens with one attached hydrogen (secondary N) is 3. The van der Waals surface area contributed by atoms with Gasteiger partial charge in [-0.2, -0.15) is 0 Å². The van der Waals surface area contributed by atoms with Gasteiger partial charge >= 0.3 is 0 Å². The lowest BCUT2D eigenvalue weighted by molar-refractivity contribution is 0.0936. The van der Waals surface area contributed by atoms with Crippen LogP contribution in [0.5, 0.6) is 0 Å². The van der Waals surface area contributed by atoms with Gasteiger partial charge in [0.15, 0.2) is 0 Å². The van der Waals surface area contributed by atoms with Crippen molar-refractivity contribution in [2.24, 2.45) is 11.7 Å². The number of hydrogen-bond acceptors (Lipinski definition) is 3. The first-order valence-corrected chi connectivity index (χ1v) is 11.5. The zero-order valence-corrected chi connectivity index (χ0v) is 18.6. The fourth-order valence-corrected chi connectivity index (χ4v) is 4.79. The van der Waals surface area contributed by atoms with Gasteiger partial charge in [0, 0.05) is 29.6 Å². The van der Waals surface area contributed by atoms with E-state index in [-0.39, 0.29) is 11.7 Å². The molecule has 1 fully saturated rings. The number of rotatable bonds is 6. The van der Waals surface area contributed by atoms with E-state index in [9.17, 15) is 4.79 Å². The molecule has 33 heavy (non-hydrogen) atoms. The van der Waals surface area contributed by atoms with Gasteiger partial charge in [-0.05, 0) is 60.3 Å². The highest BCUT2D eigenvalue weighted by Gasteiger charge is 2.19. The van der Waals surface area contributed by atoms with Crippen molar-refractivity contribution >= 4 is 33.4 Å². The normalized spacial score (nSPS) is 14.5. The van der Waals surface area contributed by atoms with Crippen molar-refractivity contribution in [3.05, 3.63) is 83.6 Å². The molecule has 1 aliphatic heterocycles. The Labute approximate surface area is 193 Å². The molecular formula is C27H29N5O. The fourth-order valence-electron chi connectivity index (χ4n) is 4.79. The van der Waals surface area contributed by atoms with Gasteiger partial charge in [-0.3, -0.25) is 10.2 Å². The number of amidine groups is 1. The first-order valence-electron chi connectivity index (χ1n) is 11.5. The predicted octanol–water partition coefficient (Wildman–Crippen LogP) is 3.86. The zero-order chi connectivity index (χ0) is 22.8. The Balaban J connectivity index is 1.54. The number of carbonyl (C=O) groups excluding carboxylic acids is 1. The highest BCUT2D eigenvalue weighted by Crippen LogP contribution is 2.26. The van der Waals surface area contributed by atoms with Crippen LogP contribution in [0.3, 0.4) is 0 Å². The smallest absolute Gasteiger partial charge is 0.267 e. The standard InChI is InChI=1S/C27H29N5O/c28-26(29)21-9-8-20-14-25(27(33)31-16-18-10-12-30-13-11-18)32(24(20)15-21)17-22-6-3-5-19-4-1-2-7-23(19)22/h1-9,14-15,18,30H,10-13,16-17H2,(H3,28,29)(H,31,33). The van der Waals surface area contributed by atoms with Gasteiger partial charge in [-0.25, -0.2) is 0 Å². The Hall–Kier alpha value is -3.64. The van der Waals surface area contributed by atoms with E-state index in [1.807, 2.05) is 36.4 Å². The number of piperidine rings is 1. The SMILES string of the molecule is N=C(N)c1ccc2cc(C(=O)NCC3CCNCC3)n(Cc3cccc4ccccc34)c2c1. The van der Waals surface area contributed by atoms with Crippen molar-refractivity contribution in [2.45, 2.75) is 19.4 Å². The molecule has 1 amide bonds. The number of hydrogen-bond donors (Lipinski definition) is 4. The summed E-state index contributed by atoms with van der Waals surface area (Å²) in [5.74, 6) is 0.469. The maximum absolute atomic E-state index is 13.3. The van der Waals surface area contributed by atoms with E-state index in [0.29, 0.717) is 30.3 Å². The lowest BCUT2D eigenvalue weighted by Gasteiger charge is -2.23. The number of amides is 1. The molecule has 0 bridgehead atoms. The third-order valence-electron chi connectivity index (χ3n) is 6.67. The van der Waals surface area contributed by atoms with E-state index in [4.69, 9.17) is 11.1 Å². The largest absolute Gasteiger partial charge is 0.384 e. The molecule has 1 aromatic heterocycles. The first kappa shape index (κ1) is 21.2. The molecule has 0 spiro atoms. The van der Waals surface area contributed by atoms with Crippen LogP contribution in [-0.4, -0.2) is 35.9 Å². The highest BCUT2D eigenvalue weighted by molar-refractivity contribution is 6.02. The summed E-state index contributed by atoms with van der Waals surface area (Å²) in [4.78, 5) is 13.3. The van der Waals surface area contributed by atoms with Gasteiger partial charge in [0.2, 0.25) is 0 Å². The molecule has 6 nitrogen and oxygen atoms in total. The summed E-state index contributed by atoms with van der Waals surface area (Å²) in [6.07, 6.45) is 2.17. The molecule has 1 saturated heterocycles. The monoisotopic (exact) mass is 439 g/mol. The summed E-state index contributed by atoms with van der Waals surface area (Å²) in [5.41, 5.74) is 9.10. The van der Waals surface area contributed by atoms with Crippen LogP contribution in [0.25, 0.3) is 21.7 Å². The van der Waals surface area contributed by atoms with Crippen molar-refractivity contribution in [3.8, 4) is 0 Å². The number of fused-ring (bicyclic) bond motifs is 2. The van der Waals surface area contributed by atoms with Crippen LogP contribution in [0.15, 0.2) is 66.7 Å². The topological polar surface area (TPSA) is 95.9 Å². The molecule has 3 aromatic carbocycles. The molecule has 0 saturated carbocycles. The van der Waals surface area contributed by atoms with E-state index in [2.05, 4.69) is 45.5 Å². The second kappa shape index (κ2) is 9.08. The van der Waals surface area contributed by atoms with Crippen LogP contribution in [0.2, 0.25) is 0 Å². The van der Waals surface area contributed by atoms with Gasteiger partial charge in [-0.1, -0.05) is 54.6 Å². The van der Waals surface area contributed by atoms with Crippen LogP contribution in [0.1, 0.15) is 34.5 Å². The van der Waals surface area contributed by atoms with E-state index in [1.165, 1.54) is 10.8 Å². The summed E-state index contributed by atoms with van der Waals surface area (Å²) in [7, 11) is 0. The van der Waals surface area contributed by atoms with Crippen LogP contribution < -0.4 is 16.4 Å². The van der Waals surface area contributed by atoms with Gasteiger partial charge < -0.3 is 20.9 Å². The molecule has 0 unspecified atom stereocenters. The summed E-state index contributed by atoms with van der Waals surface area (Å²) in [6.45, 7) is 3.27. The van der Waals surface area contributed by atoms with Crippen molar-refractivity contribution in [2.75, 3.05) is 19.6 Å². The minimum absolute atomic E-state index is 0.0201.